The molecule has 3 rings (SSSR count). The summed E-state index contributed by atoms with van der Waals surface area (Å²) in [4.78, 5) is 29.3. The second-order valence-corrected chi connectivity index (χ2v) is 9.09. The van der Waals surface area contributed by atoms with Gasteiger partial charge in [-0.2, -0.15) is 0 Å². The van der Waals surface area contributed by atoms with Gasteiger partial charge < -0.3 is 14.2 Å². The van der Waals surface area contributed by atoms with Crippen LogP contribution < -0.4 is 15.0 Å². The van der Waals surface area contributed by atoms with Crippen molar-refractivity contribution in [3.8, 4) is 11.5 Å². The minimum Gasteiger partial charge on any atom is -0.493 e. The summed E-state index contributed by atoms with van der Waals surface area (Å²) in [5.41, 5.74) is 0.799. The number of nitrogens with one attached hydrogen (secondary N) is 1. The summed E-state index contributed by atoms with van der Waals surface area (Å²) in [7, 11) is 0.998. The Morgan fingerprint density at radius 3 is 2.47 bits per heavy atom. The maximum absolute atomic E-state index is 12.8. The number of ether oxygens (including phenoxy) is 3. The topological polar surface area (TPSA) is 129 Å². The van der Waals surface area contributed by atoms with Crippen LogP contribution in [0.25, 0.3) is 0 Å². The molecule has 2 aromatic rings. The lowest BCUT2D eigenvalue weighted by atomic mass is 10.1. The fourth-order valence-corrected chi connectivity index (χ4v) is 5.05. The van der Waals surface area contributed by atoms with Crippen LogP contribution in [0.4, 0.5) is 5.69 Å². The number of aromatic amines is 1. The molecular weight excluding hydrogens is 414 g/mol. The van der Waals surface area contributed by atoms with E-state index in [-0.39, 0.29) is 33.9 Å². The molecule has 11 heteroatoms. The minimum atomic E-state index is -3.14. The quantitative estimate of drug-likeness (QED) is 0.534. The molecule has 1 fully saturated rings. The molecule has 1 saturated heterocycles. The van der Waals surface area contributed by atoms with Crippen LogP contribution in [0.3, 0.4) is 0 Å². The van der Waals surface area contributed by atoms with Crippen LogP contribution in [-0.2, 0) is 14.6 Å². The van der Waals surface area contributed by atoms with E-state index in [1.165, 1.54) is 44.4 Å². The van der Waals surface area contributed by atoms with E-state index in [2.05, 4.69) is 10.1 Å². The van der Waals surface area contributed by atoms with Crippen molar-refractivity contribution in [1.29, 1.82) is 0 Å². The smallest absolute Gasteiger partial charge is 0.340 e. The summed E-state index contributed by atoms with van der Waals surface area (Å²) < 4.78 is 40.1. The van der Waals surface area contributed by atoms with Gasteiger partial charge in [0.2, 0.25) is 0 Å². The number of carbonyl (C=O) groups is 1. The molecule has 10 nitrogen and oxygen atoms in total. The van der Waals surface area contributed by atoms with Gasteiger partial charge in [0, 0.05) is 24.0 Å². The van der Waals surface area contributed by atoms with E-state index in [1.54, 1.807) is 6.92 Å². The van der Waals surface area contributed by atoms with E-state index >= 15 is 0 Å². The highest BCUT2D eigenvalue weighted by atomic mass is 32.2. The molecular formula is C19H23N3O7S. The Balaban J connectivity index is 2.02. The lowest BCUT2D eigenvalue weighted by Gasteiger charge is -2.11. The Kier molecular flexibility index (Phi) is 6.01. The van der Waals surface area contributed by atoms with Crippen molar-refractivity contribution >= 4 is 27.7 Å². The van der Waals surface area contributed by atoms with Gasteiger partial charge in [-0.25, -0.2) is 17.9 Å². The number of methoxy groups -OCH3 is 3. The van der Waals surface area contributed by atoms with Gasteiger partial charge in [0.05, 0.1) is 55.7 Å². The molecule has 0 spiro atoms. The standard InChI is InChI=1S/C19H23N3O7S/c1-11-14(18(23)22(21-11)12-5-6-30(25,26)10-12)9-20-15-8-17(28-3)16(27-2)7-13(15)19(24)29-4/h7-9,12,21H,5-6,10H2,1-4H3. The molecule has 1 atom stereocenters. The van der Waals surface area contributed by atoms with Crippen LogP contribution in [-0.4, -0.2) is 63.2 Å². The molecule has 30 heavy (non-hydrogen) atoms. The zero-order valence-corrected chi connectivity index (χ0v) is 17.9. The van der Waals surface area contributed by atoms with E-state index in [0.29, 0.717) is 23.6 Å². The molecule has 162 valence electrons. The number of esters is 1. The fraction of sp³-hybridized carbons (Fsp3) is 0.421. The van der Waals surface area contributed by atoms with Gasteiger partial charge in [0.1, 0.15) is 0 Å². The van der Waals surface area contributed by atoms with Crippen molar-refractivity contribution in [2.45, 2.75) is 19.4 Å². The highest BCUT2D eigenvalue weighted by Gasteiger charge is 2.31. The van der Waals surface area contributed by atoms with Gasteiger partial charge in [-0.05, 0) is 13.3 Å². The van der Waals surface area contributed by atoms with Crippen LogP contribution in [0.5, 0.6) is 11.5 Å². The lowest BCUT2D eigenvalue weighted by molar-refractivity contribution is 0.0601. The molecule has 1 aromatic heterocycles. The summed E-state index contributed by atoms with van der Waals surface area (Å²) in [5.74, 6) is 0.0457. The molecule has 1 aromatic carbocycles. The van der Waals surface area contributed by atoms with Crippen molar-refractivity contribution in [2.75, 3.05) is 32.8 Å². The van der Waals surface area contributed by atoms with Crippen molar-refractivity contribution in [3.63, 3.8) is 0 Å². The Labute approximate surface area is 173 Å². The van der Waals surface area contributed by atoms with Gasteiger partial charge in [0.15, 0.2) is 21.3 Å². The van der Waals surface area contributed by atoms with Gasteiger partial charge in [0.25, 0.3) is 5.56 Å². The van der Waals surface area contributed by atoms with E-state index in [0.717, 1.165) is 0 Å². The summed E-state index contributed by atoms with van der Waals surface area (Å²) in [5, 5.41) is 2.93. The average Bonchev–Trinajstić information content (AvgIpc) is 3.23. The molecule has 1 unspecified atom stereocenters. The number of aromatic nitrogens is 2. The van der Waals surface area contributed by atoms with E-state index in [1.807, 2.05) is 0 Å². The molecule has 1 N–H and O–H groups in total. The van der Waals surface area contributed by atoms with Crippen molar-refractivity contribution in [2.24, 2.45) is 4.99 Å². The molecule has 0 radical (unpaired) electrons. The molecule has 2 heterocycles. The number of hydrogen-bond acceptors (Lipinski definition) is 8. The maximum Gasteiger partial charge on any atom is 0.340 e. The Morgan fingerprint density at radius 1 is 1.23 bits per heavy atom. The predicted octanol–water partition coefficient (Wildman–Crippen LogP) is 1.40. The van der Waals surface area contributed by atoms with Crippen LogP contribution in [0.2, 0.25) is 0 Å². The van der Waals surface area contributed by atoms with Gasteiger partial charge in [-0.1, -0.05) is 0 Å². The number of carbonyl (C=O) groups excluding carboxylic acids is 1. The third kappa shape index (κ3) is 4.11. The lowest BCUT2D eigenvalue weighted by Crippen LogP contribution is -2.25. The first-order valence-electron chi connectivity index (χ1n) is 9.10. The number of aryl methyl sites for hydroxylation is 1. The Hall–Kier alpha value is -3.08. The van der Waals surface area contributed by atoms with Gasteiger partial charge in [-0.3, -0.25) is 14.9 Å². The summed E-state index contributed by atoms with van der Waals surface area (Å²) in [6.45, 7) is 1.69. The molecule has 1 aliphatic rings. The number of H-pyrrole nitrogens is 1. The third-order valence-electron chi connectivity index (χ3n) is 4.95. The molecule has 0 bridgehead atoms. The largest absolute Gasteiger partial charge is 0.493 e. The predicted molar refractivity (Wildman–Crippen MR) is 110 cm³/mol. The van der Waals surface area contributed by atoms with Crippen LogP contribution >= 0.6 is 0 Å². The molecule has 1 aliphatic heterocycles. The molecule has 0 aliphatic carbocycles. The second kappa shape index (κ2) is 8.34. The van der Waals surface area contributed by atoms with Crippen LogP contribution in [0.15, 0.2) is 21.9 Å². The molecule has 0 saturated carbocycles. The van der Waals surface area contributed by atoms with E-state index < -0.39 is 21.8 Å². The van der Waals surface area contributed by atoms with Crippen LogP contribution in [0.1, 0.15) is 34.1 Å². The number of aliphatic imine (C=N–C) groups is 1. The van der Waals surface area contributed by atoms with E-state index in [4.69, 9.17) is 14.2 Å². The first kappa shape index (κ1) is 21.6. The average molecular weight is 437 g/mol. The van der Waals surface area contributed by atoms with Crippen molar-refractivity contribution < 1.29 is 27.4 Å². The number of nitrogens with zero attached hydrogens (tertiary/aromatic N) is 2. The monoisotopic (exact) mass is 437 g/mol. The fourth-order valence-electron chi connectivity index (χ4n) is 3.35. The highest BCUT2D eigenvalue weighted by molar-refractivity contribution is 7.91. The SMILES string of the molecule is COC(=O)c1cc(OC)c(OC)cc1N=Cc1c(C)[nH]n(C2CCS(=O)(=O)C2)c1=O. The van der Waals surface area contributed by atoms with E-state index in [9.17, 15) is 18.0 Å². The highest BCUT2D eigenvalue weighted by Crippen LogP contribution is 2.35. The molecule has 0 amide bonds. The Bertz CT molecular complexity index is 1160. The first-order valence-corrected chi connectivity index (χ1v) is 10.9. The second-order valence-electron chi connectivity index (χ2n) is 6.86. The first-order chi connectivity index (χ1) is 14.2. The van der Waals surface area contributed by atoms with Crippen LogP contribution in [0, 0.1) is 6.92 Å². The Morgan fingerprint density at radius 2 is 1.90 bits per heavy atom. The van der Waals surface area contributed by atoms with Gasteiger partial charge in [-0.15, -0.1) is 0 Å². The number of rotatable bonds is 6. The zero-order chi connectivity index (χ0) is 22.1. The van der Waals surface area contributed by atoms with Crippen molar-refractivity contribution in [1.82, 2.24) is 9.78 Å². The summed E-state index contributed by atoms with van der Waals surface area (Å²) in [6, 6.07) is 2.52. The zero-order valence-electron chi connectivity index (χ0n) is 17.1. The van der Waals surface area contributed by atoms with Crippen molar-refractivity contribution in [3.05, 3.63) is 39.3 Å². The summed E-state index contributed by atoms with van der Waals surface area (Å²) >= 11 is 0. The maximum atomic E-state index is 12.8. The number of sulfone groups is 1. The third-order valence-corrected chi connectivity index (χ3v) is 6.71. The number of hydrogen-bond donors (Lipinski definition) is 1. The summed E-state index contributed by atoms with van der Waals surface area (Å²) in [6.07, 6.45) is 1.71. The minimum absolute atomic E-state index is 0.0553. The number of benzene rings is 1. The van der Waals surface area contributed by atoms with Gasteiger partial charge >= 0.3 is 5.97 Å². The normalized spacial score (nSPS) is 17.9.